The number of hydrogen-bond acceptors (Lipinski definition) is 3. The van der Waals surface area contributed by atoms with Gasteiger partial charge in [0.05, 0.1) is 28.8 Å². The molecule has 0 spiro atoms. The van der Waals surface area contributed by atoms with Gasteiger partial charge >= 0.3 is 0 Å². The molecule has 2 aromatic heterocycles. The standard InChI is InChI=1S/C16H13ClN4O/c1-11-13(10-19-21(11)12-6-3-2-4-7-12)16(22)20-14-8-5-9-18-15(14)17/h2-10H,1H3,(H,20,22). The number of para-hydroxylation sites is 1. The lowest BCUT2D eigenvalue weighted by molar-refractivity contribution is 0.102. The van der Waals surface area contributed by atoms with E-state index in [1.807, 2.05) is 37.3 Å². The lowest BCUT2D eigenvalue weighted by Crippen LogP contribution is -2.13. The molecule has 1 amide bonds. The van der Waals surface area contributed by atoms with Gasteiger partial charge in [0.15, 0.2) is 5.15 Å². The molecule has 0 radical (unpaired) electrons. The van der Waals surface area contributed by atoms with Gasteiger partial charge in [0.1, 0.15) is 0 Å². The maximum absolute atomic E-state index is 12.4. The lowest BCUT2D eigenvalue weighted by Gasteiger charge is -2.07. The molecule has 5 nitrogen and oxygen atoms in total. The molecule has 22 heavy (non-hydrogen) atoms. The molecule has 1 aromatic carbocycles. The van der Waals surface area contributed by atoms with Crippen molar-refractivity contribution in [3.05, 3.63) is 71.3 Å². The van der Waals surface area contributed by atoms with Gasteiger partial charge in [-0.3, -0.25) is 4.79 Å². The highest BCUT2D eigenvalue weighted by molar-refractivity contribution is 6.32. The van der Waals surface area contributed by atoms with Crippen molar-refractivity contribution in [2.45, 2.75) is 6.92 Å². The average Bonchev–Trinajstić information content (AvgIpc) is 2.92. The molecule has 6 heteroatoms. The van der Waals surface area contributed by atoms with Crippen LogP contribution in [-0.2, 0) is 0 Å². The van der Waals surface area contributed by atoms with E-state index in [0.717, 1.165) is 11.4 Å². The largest absolute Gasteiger partial charge is 0.319 e. The molecular formula is C16H13ClN4O. The minimum absolute atomic E-state index is 0.254. The van der Waals surface area contributed by atoms with E-state index in [4.69, 9.17) is 11.6 Å². The molecule has 0 fully saturated rings. The van der Waals surface area contributed by atoms with Gasteiger partial charge in [0, 0.05) is 6.20 Å². The van der Waals surface area contributed by atoms with Crippen molar-refractivity contribution < 1.29 is 4.79 Å². The van der Waals surface area contributed by atoms with E-state index < -0.39 is 0 Å². The summed E-state index contributed by atoms with van der Waals surface area (Å²) in [6, 6.07) is 13.0. The Balaban J connectivity index is 1.89. The van der Waals surface area contributed by atoms with E-state index in [1.165, 1.54) is 0 Å². The molecule has 0 aliphatic rings. The van der Waals surface area contributed by atoms with Gasteiger partial charge in [-0.05, 0) is 31.2 Å². The van der Waals surface area contributed by atoms with Crippen LogP contribution in [0.2, 0.25) is 5.15 Å². The van der Waals surface area contributed by atoms with Gasteiger partial charge in [-0.1, -0.05) is 29.8 Å². The highest BCUT2D eigenvalue weighted by Crippen LogP contribution is 2.20. The molecular weight excluding hydrogens is 300 g/mol. The molecule has 0 bridgehead atoms. The second-order valence-electron chi connectivity index (χ2n) is 4.69. The number of benzene rings is 1. The smallest absolute Gasteiger partial charge is 0.259 e. The van der Waals surface area contributed by atoms with Gasteiger partial charge < -0.3 is 5.32 Å². The first-order valence-corrected chi connectivity index (χ1v) is 7.06. The molecule has 0 unspecified atom stereocenters. The quantitative estimate of drug-likeness (QED) is 0.753. The van der Waals surface area contributed by atoms with Crippen molar-refractivity contribution in [2.24, 2.45) is 0 Å². The first-order chi connectivity index (χ1) is 10.7. The summed E-state index contributed by atoms with van der Waals surface area (Å²) in [5.74, 6) is -0.269. The third kappa shape index (κ3) is 2.71. The molecule has 0 aliphatic heterocycles. The first-order valence-electron chi connectivity index (χ1n) is 6.69. The second-order valence-corrected chi connectivity index (χ2v) is 5.04. The van der Waals surface area contributed by atoms with E-state index in [0.29, 0.717) is 11.3 Å². The van der Waals surface area contributed by atoms with Crippen molar-refractivity contribution in [2.75, 3.05) is 5.32 Å². The summed E-state index contributed by atoms with van der Waals surface area (Å²) in [6.45, 7) is 1.85. The maximum atomic E-state index is 12.4. The van der Waals surface area contributed by atoms with Crippen molar-refractivity contribution in [3.63, 3.8) is 0 Å². The fourth-order valence-electron chi connectivity index (χ4n) is 2.13. The average molecular weight is 313 g/mol. The van der Waals surface area contributed by atoms with E-state index in [9.17, 15) is 4.79 Å². The van der Waals surface area contributed by atoms with Crippen LogP contribution in [0.15, 0.2) is 54.9 Å². The van der Waals surface area contributed by atoms with Crippen LogP contribution in [0.25, 0.3) is 5.69 Å². The van der Waals surface area contributed by atoms with Crippen molar-refractivity contribution in [3.8, 4) is 5.69 Å². The van der Waals surface area contributed by atoms with E-state index in [1.54, 1.807) is 29.2 Å². The van der Waals surface area contributed by atoms with Crippen LogP contribution in [0.5, 0.6) is 0 Å². The number of aromatic nitrogens is 3. The molecule has 0 saturated heterocycles. The zero-order valence-electron chi connectivity index (χ0n) is 11.8. The number of anilines is 1. The van der Waals surface area contributed by atoms with Crippen molar-refractivity contribution in [1.82, 2.24) is 14.8 Å². The van der Waals surface area contributed by atoms with Crippen LogP contribution >= 0.6 is 11.6 Å². The number of nitrogens with zero attached hydrogens (tertiary/aromatic N) is 3. The minimum Gasteiger partial charge on any atom is -0.319 e. The summed E-state index contributed by atoms with van der Waals surface area (Å²) in [4.78, 5) is 16.3. The number of pyridine rings is 1. The van der Waals surface area contributed by atoms with Crippen LogP contribution in [0.4, 0.5) is 5.69 Å². The number of nitrogens with one attached hydrogen (secondary N) is 1. The number of amides is 1. The normalized spacial score (nSPS) is 10.5. The Hall–Kier alpha value is -2.66. The van der Waals surface area contributed by atoms with Crippen molar-refractivity contribution in [1.29, 1.82) is 0 Å². The summed E-state index contributed by atoms with van der Waals surface area (Å²) in [7, 11) is 0. The maximum Gasteiger partial charge on any atom is 0.259 e. The summed E-state index contributed by atoms with van der Waals surface area (Å²) < 4.78 is 1.72. The number of rotatable bonds is 3. The molecule has 0 atom stereocenters. The number of carbonyl (C=O) groups is 1. The van der Waals surface area contributed by atoms with Gasteiger partial charge in [0.25, 0.3) is 5.91 Å². The third-order valence-corrected chi connectivity index (χ3v) is 3.56. The number of halogens is 1. The summed E-state index contributed by atoms with van der Waals surface area (Å²) in [6.07, 6.45) is 3.11. The van der Waals surface area contributed by atoms with E-state index >= 15 is 0 Å². The zero-order chi connectivity index (χ0) is 15.5. The highest BCUT2D eigenvalue weighted by Gasteiger charge is 2.16. The molecule has 3 aromatic rings. The number of hydrogen-bond donors (Lipinski definition) is 1. The predicted octanol–water partition coefficient (Wildman–Crippen LogP) is 3.48. The van der Waals surface area contributed by atoms with Gasteiger partial charge in [0.2, 0.25) is 0 Å². The van der Waals surface area contributed by atoms with Gasteiger partial charge in [-0.15, -0.1) is 0 Å². The van der Waals surface area contributed by atoms with Crippen LogP contribution in [-0.4, -0.2) is 20.7 Å². The Bertz CT molecular complexity index is 814. The SMILES string of the molecule is Cc1c(C(=O)Nc2cccnc2Cl)cnn1-c1ccccc1. The van der Waals surface area contributed by atoms with Gasteiger partial charge in [-0.25, -0.2) is 9.67 Å². The summed E-state index contributed by atoms with van der Waals surface area (Å²) in [5.41, 5.74) is 2.62. The monoisotopic (exact) mass is 312 g/mol. The van der Waals surface area contributed by atoms with Crippen LogP contribution < -0.4 is 5.32 Å². The van der Waals surface area contributed by atoms with Gasteiger partial charge in [-0.2, -0.15) is 5.10 Å². The molecule has 110 valence electrons. The first kappa shape index (κ1) is 14.3. The highest BCUT2D eigenvalue weighted by atomic mass is 35.5. The Kier molecular flexibility index (Phi) is 3.89. The fraction of sp³-hybridized carbons (Fsp3) is 0.0625. The van der Waals surface area contributed by atoms with Crippen LogP contribution in [0, 0.1) is 6.92 Å². The Morgan fingerprint density at radius 2 is 1.95 bits per heavy atom. The lowest BCUT2D eigenvalue weighted by atomic mass is 10.2. The van der Waals surface area contributed by atoms with Crippen molar-refractivity contribution >= 4 is 23.2 Å². The summed E-state index contributed by atoms with van der Waals surface area (Å²) in [5, 5.41) is 7.28. The van der Waals surface area contributed by atoms with E-state index in [2.05, 4.69) is 15.4 Å². The minimum atomic E-state index is -0.269. The van der Waals surface area contributed by atoms with E-state index in [-0.39, 0.29) is 11.1 Å². The Morgan fingerprint density at radius 1 is 1.18 bits per heavy atom. The molecule has 2 heterocycles. The molecule has 0 aliphatic carbocycles. The van der Waals surface area contributed by atoms with Crippen LogP contribution in [0.3, 0.4) is 0 Å². The number of carbonyl (C=O) groups excluding carboxylic acids is 1. The zero-order valence-corrected chi connectivity index (χ0v) is 12.6. The molecule has 1 N–H and O–H groups in total. The molecule has 3 rings (SSSR count). The molecule has 0 saturated carbocycles. The Morgan fingerprint density at radius 3 is 2.68 bits per heavy atom. The third-order valence-electron chi connectivity index (χ3n) is 3.26. The van der Waals surface area contributed by atoms with Crippen LogP contribution in [0.1, 0.15) is 16.1 Å². The fourth-order valence-corrected chi connectivity index (χ4v) is 2.30. The topological polar surface area (TPSA) is 59.8 Å². The predicted molar refractivity (Wildman–Crippen MR) is 85.5 cm³/mol. The Labute approximate surface area is 132 Å². The second kappa shape index (κ2) is 5.99. The summed E-state index contributed by atoms with van der Waals surface area (Å²) >= 11 is 5.95.